The third-order valence-electron chi connectivity index (χ3n) is 1.71. The van der Waals surface area contributed by atoms with E-state index in [0.29, 0.717) is 11.4 Å². The van der Waals surface area contributed by atoms with Crippen LogP contribution >= 0.6 is 0 Å². The second-order valence-corrected chi connectivity index (χ2v) is 2.49. The van der Waals surface area contributed by atoms with Gasteiger partial charge in [-0.3, -0.25) is 9.90 Å². The van der Waals surface area contributed by atoms with Gasteiger partial charge in [0.15, 0.2) is 0 Å². The van der Waals surface area contributed by atoms with Crippen LogP contribution in [-0.2, 0) is 4.84 Å². The van der Waals surface area contributed by atoms with Crippen molar-refractivity contribution in [2.45, 2.75) is 0 Å². The number of nitrogens with zero attached hydrogens (tertiary/aromatic N) is 1. The maximum Gasteiger partial charge on any atom is 0.0655 e. The second-order valence-electron chi connectivity index (χ2n) is 2.49. The van der Waals surface area contributed by atoms with Crippen LogP contribution in [-0.4, -0.2) is 14.2 Å². The summed E-state index contributed by atoms with van der Waals surface area (Å²) in [5.74, 6) is 0. The molecule has 4 N–H and O–H groups in total. The van der Waals surface area contributed by atoms with E-state index in [1.54, 1.807) is 31.4 Å². The van der Waals surface area contributed by atoms with Crippen LogP contribution < -0.4 is 16.5 Å². The van der Waals surface area contributed by atoms with E-state index >= 15 is 0 Å². The Labute approximate surface area is 71.7 Å². The van der Waals surface area contributed by atoms with Gasteiger partial charge in [0.05, 0.1) is 24.2 Å². The molecule has 0 unspecified atom stereocenters. The van der Waals surface area contributed by atoms with Crippen molar-refractivity contribution in [2.75, 3.05) is 30.7 Å². The van der Waals surface area contributed by atoms with Crippen molar-refractivity contribution in [2.24, 2.45) is 0 Å². The highest BCUT2D eigenvalue weighted by atomic mass is 16.7. The van der Waals surface area contributed by atoms with Crippen LogP contribution in [0.3, 0.4) is 0 Å². The molecule has 0 spiro atoms. The fraction of sp³-hybridized carbons (Fsp3) is 0.250. The van der Waals surface area contributed by atoms with E-state index in [9.17, 15) is 0 Å². The lowest BCUT2D eigenvalue weighted by Gasteiger charge is -2.16. The van der Waals surface area contributed by atoms with Crippen LogP contribution in [0, 0.1) is 0 Å². The van der Waals surface area contributed by atoms with Crippen LogP contribution in [0.4, 0.5) is 17.1 Å². The van der Waals surface area contributed by atoms with E-state index in [1.165, 1.54) is 0 Å². The van der Waals surface area contributed by atoms with Gasteiger partial charge in [-0.15, -0.1) is 0 Å². The molecule has 4 heteroatoms. The van der Waals surface area contributed by atoms with E-state index in [4.69, 9.17) is 16.3 Å². The van der Waals surface area contributed by atoms with Gasteiger partial charge in [-0.25, -0.2) is 0 Å². The Balaban J connectivity index is 2.96. The van der Waals surface area contributed by atoms with Crippen LogP contribution in [0.15, 0.2) is 18.2 Å². The topological polar surface area (TPSA) is 64.5 Å². The van der Waals surface area contributed by atoms with Gasteiger partial charge in [-0.05, 0) is 18.2 Å². The molecule has 1 rings (SSSR count). The van der Waals surface area contributed by atoms with Gasteiger partial charge in [-0.1, -0.05) is 0 Å². The Morgan fingerprint density at radius 2 is 1.92 bits per heavy atom. The van der Waals surface area contributed by atoms with Crippen LogP contribution in [0.1, 0.15) is 0 Å². The fourth-order valence-corrected chi connectivity index (χ4v) is 0.863. The first-order valence-corrected chi connectivity index (χ1v) is 3.58. The Bertz CT molecular complexity index is 275. The molecule has 0 amide bonds. The van der Waals surface area contributed by atoms with Gasteiger partial charge in [0.25, 0.3) is 0 Å². The highest BCUT2D eigenvalue weighted by Gasteiger charge is 2.00. The number of nitrogen functional groups attached to an aromatic ring is 2. The number of hydrogen-bond acceptors (Lipinski definition) is 4. The van der Waals surface area contributed by atoms with E-state index in [-0.39, 0.29) is 0 Å². The van der Waals surface area contributed by atoms with Gasteiger partial charge >= 0.3 is 0 Å². The molecule has 0 aliphatic heterocycles. The molecule has 0 bridgehead atoms. The van der Waals surface area contributed by atoms with E-state index in [0.717, 1.165) is 5.69 Å². The van der Waals surface area contributed by atoms with Crippen LogP contribution in [0.25, 0.3) is 0 Å². The highest BCUT2D eigenvalue weighted by molar-refractivity contribution is 5.69. The third kappa shape index (κ3) is 1.60. The summed E-state index contributed by atoms with van der Waals surface area (Å²) in [6, 6.07) is 5.36. The van der Waals surface area contributed by atoms with Crippen LogP contribution in [0.5, 0.6) is 0 Å². The standard InChI is InChI=1S/C8H13N3O/c1-11(12-2)6-3-4-7(9)8(10)5-6/h3-5H,9-10H2,1-2H3. The number of anilines is 3. The van der Waals surface area contributed by atoms with E-state index in [1.807, 2.05) is 6.07 Å². The van der Waals surface area contributed by atoms with E-state index < -0.39 is 0 Å². The summed E-state index contributed by atoms with van der Waals surface area (Å²) in [5.41, 5.74) is 13.2. The molecule has 1 aromatic rings. The summed E-state index contributed by atoms with van der Waals surface area (Å²) in [7, 11) is 3.39. The van der Waals surface area contributed by atoms with Crippen molar-refractivity contribution in [3.05, 3.63) is 18.2 Å². The predicted octanol–water partition coefficient (Wildman–Crippen LogP) is 0.849. The smallest absolute Gasteiger partial charge is 0.0655 e. The molecule has 0 fully saturated rings. The number of benzene rings is 1. The van der Waals surface area contributed by atoms with Crippen molar-refractivity contribution < 1.29 is 4.84 Å². The summed E-state index contributed by atoms with van der Waals surface area (Å²) in [4.78, 5) is 4.97. The van der Waals surface area contributed by atoms with Gasteiger partial charge in [-0.2, -0.15) is 0 Å². The Kier molecular flexibility index (Phi) is 2.40. The van der Waals surface area contributed by atoms with Gasteiger partial charge in [0.1, 0.15) is 0 Å². The predicted molar refractivity (Wildman–Crippen MR) is 50.7 cm³/mol. The third-order valence-corrected chi connectivity index (χ3v) is 1.71. The molecule has 0 radical (unpaired) electrons. The van der Waals surface area contributed by atoms with Crippen molar-refractivity contribution in [1.82, 2.24) is 0 Å². The summed E-state index contributed by atoms with van der Waals surface area (Å²) in [6.45, 7) is 0. The number of rotatable bonds is 2. The van der Waals surface area contributed by atoms with Crippen molar-refractivity contribution >= 4 is 17.1 Å². The number of hydrogen-bond donors (Lipinski definition) is 2. The molecular formula is C8H13N3O. The van der Waals surface area contributed by atoms with Crippen molar-refractivity contribution in [3.8, 4) is 0 Å². The molecule has 0 saturated heterocycles. The first-order chi connectivity index (χ1) is 5.65. The maximum atomic E-state index is 5.61. The molecule has 12 heavy (non-hydrogen) atoms. The number of nitrogens with two attached hydrogens (primary N) is 2. The average molecular weight is 167 g/mol. The van der Waals surface area contributed by atoms with Gasteiger partial charge in [0, 0.05) is 7.05 Å². The van der Waals surface area contributed by atoms with Crippen molar-refractivity contribution in [3.63, 3.8) is 0 Å². The molecule has 0 aliphatic rings. The Morgan fingerprint density at radius 3 is 2.42 bits per heavy atom. The van der Waals surface area contributed by atoms with Gasteiger partial charge in [0.2, 0.25) is 0 Å². The van der Waals surface area contributed by atoms with Gasteiger partial charge < -0.3 is 11.5 Å². The molecule has 1 aromatic carbocycles. The fourth-order valence-electron chi connectivity index (χ4n) is 0.863. The maximum absolute atomic E-state index is 5.61. The van der Waals surface area contributed by atoms with E-state index in [2.05, 4.69) is 0 Å². The first-order valence-electron chi connectivity index (χ1n) is 3.58. The lowest BCUT2D eigenvalue weighted by Crippen LogP contribution is -2.14. The monoisotopic (exact) mass is 167 g/mol. The summed E-state index contributed by atoms with van der Waals surface area (Å²) >= 11 is 0. The second kappa shape index (κ2) is 3.32. The number of hydroxylamine groups is 1. The molecule has 0 atom stereocenters. The Hall–Kier alpha value is -1.42. The lowest BCUT2D eigenvalue weighted by molar-refractivity contribution is 0.185. The molecule has 4 nitrogen and oxygen atoms in total. The molecule has 0 aromatic heterocycles. The molecule has 0 aliphatic carbocycles. The van der Waals surface area contributed by atoms with Crippen molar-refractivity contribution in [1.29, 1.82) is 0 Å². The largest absolute Gasteiger partial charge is 0.397 e. The average Bonchev–Trinajstić information content (AvgIpc) is 2.08. The zero-order valence-corrected chi connectivity index (χ0v) is 7.24. The summed E-state index contributed by atoms with van der Waals surface area (Å²) < 4.78 is 0. The minimum Gasteiger partial charge on any atom is -0.397 e. The highest BCUT2D eigenvalue weighted by Crippen LogP contribution is 2.21. The SMILES string of the molecule is CON(C)c1ccc(N)c(N)c1. The summed E-state index contributed by atoms with van der Waals surface area (Å²) in [6.07, 6.45) is 0. The molecule has 66 valence electrons. The zero-order valence-electron chi connectivity index (χ0n) is 7.24. The molecule has 0 heterocycles. The normalized spacial score (nSPS) is 9.83. The molecular weight excluding hydrogens is 154 g/mol. The summed E-state index contributed by atoms with van der Waals surface area (Å²) in [5, 5.41) is 1.61. The lowest BCUT2D eigenvalue weighted by atomic mass is 10.2. The zero-order chi connectivity index (χ0) is 9.14. The Morgan fingerprint density at radius 1 is 1.25 bits per heavy atom. The van der Waals surface area contributed by atoms with Crippen LogP contribution in [0.2, 0.25) is 0 Å². The first kappa shape index (κ1) is 8.67. The minimum absolute atomic E-state index is 0.566. The molecule has 0 saturated carbocycles. The minimum atomic E-state index is 0.566. The quantitative estimate of drug-likeness (QED) is 0.506.